The monoisotopic (exact) mass is 520 g/mol. The van der Waals surface area contributed by atoms with Crippen LogP contribution in [0.5, 0.6) is 0 Å². The number of likely N-dealkylation sites (tertiary alicyclic amines) is 1. The molecular formula is C30H40N4O4. The van der Waals surface area contributed by atoms with Crippen LogP contribution in [0.15, 0.2) is 48.5 Å². The second kappa shape index (κ2) is 11.3. The first kappa shape index (κ1) is 27.8. The van der Waals surface area contributed by atoms with Gasteiger partial charge in [0.25, 0.3) is 5.91 Å². The Morgan fingerprint density at radius 3 is 2.47 bits per heavy atom. The molecule has 4 N–H and O–H groups in total. The lowest BCUT2D eigenvalue weighted by molar-refractivity contribution is -0.138. The van der Waals surface area contributed by atoms with Gasteiger partial charge in [-0.3, -0.25) is 19.8 Å². The summed E-state index contributed by atoms with van der Waals surface area (Å²) in [6.45, 7) is 9.37. The number of rotatable bonds is 7. The molecule has 2 aromatic carbocycles. The van der Waals surface area contributed by atoms with E-state index in [2.05, 4.69) is 23.1 Å². The van der Waals surface area contributed by atoms with Gasteiger partial charge in [-0.05, 0) is 81.7 Å². The SMILES string of the molecule is Cc1cc(C(=O)NCC(=O)N2[C@H](c3ccccc3)[C@H](C)C[C@@H]2C(C)(C)O)ccc1CC1CC(C)NNC1=O. The number of hydrogen-bond donors (Lipinski definition) is 4. The molecule has 0 spiro atoms. The molecular weight excluding hydrogens is 480 g/mol. The summed E-state index contributed by atoms with van der Waals surface area (Å²) >= 11 is 0. The van der Waals surface area contributed by atoms with Crippen LogP contribution >= 0.6 is 0 Å². The van der Waals surface area contributed by atoms with Gasteiger partial charge in [-0.2, -0.15) is 0 Å². The van der Waals surface area contributed by atoms with Crippen LogP contribution in [0.3, 0.4) is 0 Å². The second-order valence-electron chi connectivity index (χ2n) is 11.5. The maximum Gasteiger partial charge on any atom is 0.251 e. The van der Waals surface area contributed by atoms with Gasteiger partial charge in [0.1, 0.15) is 0 Å². The van der Waals surface area contributed by atoms with Crippen molar-refractivity contribution in [2.45, 2.75) is 77.6 Å². The number of aryl methyl sites for hydroxylation is 1. The van der Waals surface area contributed by atoms with Crippen molar-refractivity contribution in [3.05, 3.63) is 70.8 Å². The minimum atomic E-state index is -1.08. The molecule has 204 valence electrons. The highest BCUT2D eigenvalue weighted by atomic mass is 16.3. The first-order valence-electron chi connectivity index (χ1n) is 13.5. The van der Waals surface area contributed by atoms with Crippen molar-refractivity contribution in [2.75, 3.05) is 6.54 Å². The summed E-state index contributed by atoms with van der Waals surface area (Å²) in [5.74, 6) is -0.523. The molecule has 2 aliphatic heterocycles. The number of aliphatic hydroxyl groups is 1. The molecule has 2 saturated heterocycles. The van der Waals surface area contributed by atoms with Gasteiger partial charge < -0.3 is 15.3 Å². The third-order valence-corrected chi connectivity index (χ3v) is 7.94. The summed E-state index contributed by atoms with van der Waals surface area (Å²) in [5.41, 5.74) is 8.06. The van der Waals surface area contributed by atoms with Gasteiger partial charge in [-0.15, -0.1) is 0 Å². The fourth-order valence-corrected chi connectivity index (χ4v) is 5.91. The quantitative estimate of drug-likeness (QED) is 0.449. The number of benzene rings is 2. The number of nitrogens with one attached hydrogen (secondary N) is 3. The van der Waals surface area contributed by atoms with Crippen LogP contribution in [0.2, 0.25) is 0 Å². The van der Waals surface area contributed by atoms with Gasteiger partial charge in [-0.25, -0.2) is 5.43 Å². The van der Waals surface area contributed by atoms with Crippen LogP contribution in [0, 0.1) is 18.8 Å². The highest BCUT2D eigenvalue weighted by molar-refractivity contribution is 5.96. The molecule has 38 heavy (non-hydrogen) atoms. The molecule has 8 nitrogen and oxygen atoms in total. The van der Waals surface area contributed by atoms with E-state index in [4.69, 9.17) is 0 Å². The van der Waals surface area contributed by atoms with E-state index in [-0.39, 0.29) is 54.2 Å². The predicted molar refractivity (Wildman–Crippen MR) is 146 cm³/mol. The number of nitrogens with zero attached hydrogens (tertiary/aromatic N) is 1. The Balaban J connectivity index is 1.44. The zero-order valence-corrected chi connectivity index (χ0v) is 23.0. The summed E-state index contributed by atoms with van der Waals surface area (Å²) in [4.78, 5) is 40.5. The van der Waals surface area contributed by atoms with Crippen LogP contribution in [-0.2, 0) is 16.0 Å². The number of hydrogen-bond acceptors (Lipinski definition) is 5. The molecule has 2 aliphatic rings. The Labute approximate surface area is 225 Å². The van der Waals surface area contributed by atoms with Crippen LogP contribution in [0.1, 0.15) is 73.6 Å². The van der Waals surface area contributed by atoms with Crippen LogP contribution in [-0.4, -0.2) is 52.0 Å². The van der Waals surface area contributed by atoms with E-state index in [1.165, 1.54) is 0 Å². The van der Waals surface area contributed by atoms with Gasteiger partial charge in [0.05, 0.1) is 24.2 Å². The number of carbonyl (C=O) groups is 3. The molecule has 8 heteroatoms. The van der Waals surface area contributed by atoms with E-state index in [0.29, 0.717) is 18.4 Å². The van der Waals surface area contributed by atoms with Gasteiger partial charge in [0.2, 0.25) is 11.8 Å². The van der Waals surface area contributed by atoms with E-state index >= 15 is 0 Å². The topological polar surface area (TPSA) is 111 Å². The summed E-state index contributed by atoms with van der Waals surface area (Å²) < 4.78 is 0. The largest absolute Gasteiger partial charge is 0.388 e. The van der Waals surface area contributed by atoms with Crippen LogP contribution in [0.4, 0.5) is 0 Å². The molecule has 2 heterocycles. The van der Waals surface area contributed by atoms with Crippen molar-refractivity contribution in [3.8, 4) is 0 Å². The lowest BCUT2D eigenvalue weighted by Gasteiger charge is -2.37. The number of carbonyl (C=O) groups excluding carboxylic acids is 3. The molecule has 0 saturated carbocycles. The minimum Gasteiger partial charge on any atom is -0.388 e. The zero-order chi connectivity index (χ0) is 27.6. The number of amides is 3. The fraction of sp³-hybridized carbons (Fsp3) is 0.500. The van der Waals surface area contributed by atoms with Crippen LogP contribution < -0.4 is 16.2 Å². The summed E-state index contributed by atoms with van der Waals surface area (Å²) in [7, 11) is 0. The molecule has 0 radical (unpaired) electrons. The summed E-state index contributed by atoms with van der Waals surface area (Å²) in [6.07, 6.45) is 2.04. The van der Waals surface area contributed by atoms with E-state index in [0.717, 1.165) is 23.1 Å². The Bertz CT molecular complexity index is 1180. The summed E-state index contributed by atoms with van der Waals surface area (Å²) in [6, 6.07) is 15.0. The zero-order valence-electron chi connectivity index (χ0n) is 23.0. The lowest BCUT2D eigenvalue weighted by atomic mass is 9.89. The Hall–Kier alpha value is -3.23. The smallest absolute Gasteiger partial charge is 0.251 e. The normalized spacial score (nSPS) is 25.7. The van der Waals surface area contributed by atoms with Gasteiger partial charge >= 0.3 is 0 Å². The molecule has 3 amide bonds. The highest BCUT2D eigenvalue weighted by Crippen LogP contribution is 2.44. The van der Waals surface area contributed by atoms with Gasteiger partial charge in [0.15, 0.2) is 0 Å². The summed E-state index contributed by atoms with van der Waals surface area (Å²) in [5, 5.41) is 13.7. The average molecular weight is 521 g/mol. The van der Waals surface area contributed by atoms with Gasteiger partial charge in [0, 0.05) is 17.5 Å². The maximum absolute atomic E-state index is 13.5. The average Bonchev–Trinajstić information content (AvgIpc) is 3.24. The second-order valence-corrected chi connectivity index (χ2v) is 11.5. The fourth-order valence-electron chi connectivity index (χ4n) is 5.91. The van der Waals surface area contributed by atoms with Crippen molar-refractivity contribution in [2.24, 2.45) is 11.8 Å². The third kappa shape index (κ3) is 6.08. The molecule has 0 aliphatic carbocycles. The molecule has 0 aromatic heterocycles. The third-order valence-electron chi connectivity index (χ3n) is 7.94. The molecule has 4 rings (SSSR count). The van der Waals surface area contributed by atoms with Crippen LogP contribution in [0.25, 0.3) is 0 Å². The Morgan fingerprint density at radius 2 is 1.82 bits per heavy atom. The van der Waals surface area contributed by atoms with Gasteiger partial charge in [-0.1, -0.05) is 43.3 Å². The first-order valence-corrected chi connectivity index (χ1v) is 13.5. The van der Waals surface area contributed by atoms with E-state index in [9.17, 15) is 19.5 Å². The highest BCUT2D eigenvalue weighted by Gasteiger charge is 2.47. The standard InChI is InChI=1S/C30H40N4O4/c1-18-13-23(12-11-22(18)16-24-15-20(3)32-33-29(24)37)28(36)31-17-26(35)34-25(30(4,5)38)14-19(2)27(34)21-9-7-6-8-10-21/h6-13,19-20,24-25,27,32,38H,14-17H2,1-5H3,(H,31,36)(H,33,37)/t19-,20?,24?,25-,27+/m1/s1. The predicted octanol–water partition coefficient (Wildman–Crippen LogP) is 3.05. The Morgan fingerprint density at radius 1 is 1.11 bits per heavy atom. The molecule has 2 fully saturated rings. The van der Waals surface area contributed by atoms with E-state index in [1.54, 1.807) is 24.8 Å². The lowest BCUT2D eigenvalue weighted by Crippen LogP contribution is -2.52. The van der Waals surface area contributed by atoms with E-state index < -0.39 is 5.60 Å². The molecule has 2 unspecified atom stereocenters. The van der Waals surface area contributed by atoms with Crippen molar-refractivity contribution < 1.29 is 19.5 Å². The minimum absolute atomic E-state index is 0.0165. The Kier molecular flexibility index (Phi) is 8.23. The van der Waals surface area contributed by atoms with Crippen molar-refractivity contribution >= 4 is 17.7 Å². The van der Waals surface area contributed by atoms with Crippen molar-refractivity contribution in [3.63, 3.8) is 0 Å². The number of hydrazine groups is 1. The molecule has 5 atom stereocenters. The van der Waals surface area contributed by atoms with Crippen molar-refractivity contribution in [1.29, 1.82) is 0 Å². The molecule has 2 aromatic rings. The first-order chi connectivity index (χ1) is 18.0. The van der Waals surface area contributed by atoms with E-state index in [1.807, 2.05) is 56.3 Å². The maximum atomic E-state index is 13.5. The molecule has 0 bridgehead atoms. The van der Waals surface area contributed by atoms with Crippen molar-refractivity contribution in [1.82, 2.24) is 21.1 Å².